The zero-order valence-corrected chi connectivity index (χ0v) is 10.5. The van der Waals surface area contributed by atoms with Crippen LogP contribution in [0.5, 0.6) is 0 Å². The van der Waals surface area contributed by atoms with Gasteiger partial charge in [0.1, 0.15) is 10.8 Å². The fraction of sp³-hybridized carbons (Fsp3) is 0.100. The van der Waals surface area contributed by atoms with E-state index in [1.165, 1.54) is 17.5 Å². The molecule has 2 heterocycles. The molecule has 0 unspecified atom stereocenters. The number of nitrogen functional groups attached to an aromatic ring is 1. The van der Waals surface area contributed by atoms with E-state index in [0.717, 1.165) is 5.56 Å². The van der Waals surface area contributed by atoms with E-state index in [0.29, 0.717) is 21.7 Å². The molecule has 17 heavy (non-hydrogen) atoms. The number of carbonyl (C=O) groups is 1. The van der Waals surface area contributed by atoms with E-state index in [1.807, 2.05) is 6.92 Å². The van der Waals surface area contributed by atoms with Gasteiger partial charge < -0.3 is 11.1 Å². The number of nitrogens with two attached hydrogens (primary N) is 1. The molecule has 0 radical (unpaired) electrons. The molecule has 2 rings (SSSR count). The molecule has 0 spiro atoms. The normalized spacial score (nSPS) is 10.2. The molecule has 5 nitrogen and oxygen atoms in total. The lowest BCUT2D eigenvalue weighted by molar-refractivity contribution is 0.102. The van der Waals surface area contributed by atoms with E-state index in [4.69, 9.17) is 17.3 Å². The third-order valence-corrected chi connectivity index (χ3v) is 3.10. The fourth-order valence-corrected chi connectivity index (χ4v) is 1.86. The highest BCUT2D eigenvalue weighted by atomic mass is 35.5. The van der Waals surface area contributed by atoms with Gasteiger partial charge in [-0.05, 0) is 18.6 Å². The second-order valence-corrected chi connectivity index (χ2v) is 4.60. The Labute approximate surface area is 107 Å². The summed E-state index contributed by atoms with van der Waals surface area (Å²) in [6, 6.07) is 1.74. The number of carbonyl (C=O) groups excluding carboxylic acids is 1. The maximum atomic E-state index is 11.7. The third kappa shape index (κ3) is 2.72. The van der Waals surface area contributed by atoms with Crippen molar-refractivity contribution in [2.45, 2.75) is 6.92 Å². The average Bonchev–Trinajstić information content (AvgIpc) is 2.70. The molecule has 7 heteroatoms. The van der Waals surface area contributed by atoms with Crippen molar-refractivity contribution in [3.63, 3.8) is 0 Å². The molecule has 0 saturated heterocycles. The van der Waals surface area contributed by atoms with Crippen LogP contribution in [0.2, 0.25) is 5.15 Å². The number of pyridine rings is 1. The molecule has 2 aromatic heterocycles. The molecular weight excluding hydrogens is 260 g/mol. The fourth-order valence-electron chi connectivity index (χ4n) is 1.21. The number of halogens is 1. The van der Waals surface area contributed by atoms with Crippen molar-refractivity contribution < 1.29 is 4.79 Å². The molecule has 0 aromatic carbocycles. The van der Waals surface area contributed by atoms with Gasteiger partial charge in [-0.1, -0.05) is 11.6 Å². The first kappa shape index (κ1) is 11.8. The topological polar surface area (TPSA) is 80.9 Å². The lowest BCUT2D eigenvalue weighted by Gasteiger charge is -2.04. The summed E-state index contributed by atoms with van der Waals surface area (Å²) in [5.41, 5.74) is 7.11. The summed E-state index contributed by atoms with van der Waals surface area (Å²) in [5, 5.41) is 5.05. The number of hydrogen-bond acceptors (Lipinski definition) is 5. The van der Waals surface area contributed by atoms with Crippen molar-refractivity contribution in [1.82, 2.24) is 9.97 Å². The first-order chi connectivity index (χ1) is 8.06. The number of nitrogens with zero attached hydrogens (tertiary/aromatic N) is 2. The minimum atomic E-state index is -0.318. The molecule has 88 valence electrons. The highest BCUT2D eigenvalue weighted by molar-refractivity contribution is 7.13. The molecule has 0 aliphatic rings. The Morgan fingerprint density at radius 2 is 2.35 bits per heavy atom. The largest absolute Gasteiger partial charge is 0.375 e. The average molecular weight is 269 g/mol. The van der Waals surface area contributed by atoms with Gasteiger partial charge in [-0.2, -0.15) is 0 Å². The van der Waals surface area contributed by atoms with Gasteiger partial charge in [0.2, 0.25) is 0 Å². The van der Waals surface area contributed by atoms with Gasteiger partial charge in [0.15, 0.2) is 5.13 Å². The molecule has 0 aliphatic carbocycles. The van der Waals surface area contributed by atoms with Crippen molar-refractivity contribution in [2.24, 2.45) is 0 Å². The van der Waals surface area contributed by atoms with Crippen molar-refractivity contribution in [2.75, 3.05) is 11.1 Å². The molecule has 1 amide bonds. The summed E-state index contributed by atoms with van der Waals surface area (Å²) in [6.45, 7) is 1.81. The standard InChI is InChI=1S/C10H9ClN4OS/c1-5-2-6(3-13-8(5)11)14-9(16)7-4-17-10(12)15-7/h2-4H,1H3,(H2,12,15)(H,14,16). The summed E-state index contributed by atoms with van der Waals surface area (Å²) < 4.78 is 0. The molecule has 0 bridgehead atoms. The number of aromatic nitrogens is 2. The maximum absolute atomic E-state index is 11.7. The number of aryl methyl sites for hydroxylation is 1. The summed E-state index contributed by atoms with van der Waals surface area (Å²) in [7, 11) is 0. The number of rotatable bonds is 2. The lowest BCUT2D eigenvalue weighted by Crippen LogP contribution is -2.12. The summed E-state index contributed by atoms with van der Waals surface area (Å²) in [5.74, 6) is -0.318. The molecule has 3 N–H and O–H groups in total. The van der Waals surface area contributed by atoms with E-state index in [9.17, 15) is 4.79 Å². The highest BCUT2D eigenvalue weighted by Gasteiger charge is 2.10. The van der Waals surface area contributed by atoms with Crippen LogP contribution in [0.3, 0.4) is 0 Å². The smallest absolute Gasteiger partial charge is 0.275 e. The Balaban J connectivity index is 2.15. The van der Waals surface area contributed by atoms with Crippen LogP contribution in [0.1, 0.15) is 16.1 Å². The summed E-state index contributed by atoms with van der Waals surface area (Å²) in [6.07, 6.45) is 1.49. The zero-order chi connectivity index (χ0) is 12.4. The number of anilines is 2. The Kier molecular flexibility index (Phi) is 3.26. The number of nitrogens with one attached hydrogen (secondary N) is 1. The van der Waals surface area contributed by atoms with Crippen LogP contribution in [0.25, 0.3) is 0 Å². The van der Waals surface area contributed by atoms with E-state index in [2.05, 4.69) is 15.3 Å². The number of thiazole rings is 1. The first-order valence-electron chi connectivity index (χ1n) is 4.71. The van der Waals surface area contributed by atoms with Gasteiger partial charge in [0, 0.05) is 5.38 Å². The van der Waals surface area contributed by atoms with Crippen LogP contribution in [0.4, 0.5) is 10.8 Å². The van der Waals surface area contributed by atoms with Gasteiger partial charge in [-0.15, -0.1) is 11.3 Å². The van der Waals surface area contributed by atoms with Crippen molar-refractivity contribution in [1.29, 1.82) is 0 Å². The molecular formula is C10H9ClN4OS. The highest BCUT2D eigenvalue weighted by Crippen LogP contribution is 2.17. The minimum Gasteiger partial charge on any atom is -0.375 e. The second-order valence-electron chi connectivity index (χ2n) is 3.36. The van der Waals surface area contributed by atoms with Crippen LogP contribution >= 0.6 is 22.9 Å². The zero-order valence-electron chi connectivity index (χ0n) is 8.90. The van der Waals surface area contributed by atoms with E-state index < -0.39 is 0 Å². The van der Waals surface area contributed by atoms with Crippen LogP contribution < -0.4 is 11.1 Å². The molecule has 2 aromatic rings. The molecule has 0 fully saturated rings. The van der Waals surface area contributed by atoms with E-state index >= 15 is 0 Å². The SMILES string of the molecule is Cc1cc(NC(=O)c2csc(N)n2)cnc1Cl. The predicted molar refractivity (Wildman–Crippen MR) is 68.5 cm³/mol. The third-order valence-electron chi connectivity index (χ3n) is 2.03. The quantitative estimate of drug-likeness (QED) is 0.819. The lowest BCUT2D eigenvalue weighted by atomic mass is 10.3. The summed E-state index contributed by atoms with van der Waals surface area (Å²) >= 11 is 7.00. The predicted octanol–water partition coefficient (Wildman–Crippen LogP) is 2.33. The Bertz CT molecular complexity index is 569. The van der Waals surface area contributed by atoms with Crippen LogP contribution in [0, 0.1) is 6.92 Å². The van der Waals surface area contributed by atoms with Crippen molar-refractivity contribution in [3.05, 3.63) is 34.1 Å². The molecule has 0 saturated carbocycles. The van der Waals surface area contributed by atoms with E-state index in [1.54, 1.807) is 11.4 Å². The van der Waals surface area contributed by atoms with Gasteiger partial charge >= 0.3 is 0 Å². The number of amides is 1. The Morgan fingerprint density at radius 1 is 1.59 bits per heavy atom. The monoisotopic (exact) mass is 268 g/mol. The first-order valence-corrected chi connectivity index (χ1v) is 5.96. The van der Waals surface area contributed by atoms with Crippen molar-refractivity contribution in [3.8, 4) is 0 Å². The molecule has 0 atom stereocenters. The minimum absolute atomic E-state index is 0.292. The van der Waals surface area contributed by atoms with Crippen LogP contribution in [0.15, 0.2) is 17.6 Å². The Hall–Kier alpha value is -1.66. The number of hydrogen-bond donors (Lipinski definition) is 2. The Morgan fingerprint density at radius 3 is 2.94 bits per heavy atom. The van der Waals surface area contributed by atoms with Crippen molar-refractivity contribution >= 4 is 39.7 Å². The molecule has 0 aliphatic heterocycles. The van der Waals surface area contributed by atoms with Gasteiger partial charge in [-0.25, -0.2) is 9.97 Å². The summed E-state index contributed by atoms with van der Waals surface area (Å²) in [4.78, 5) is 19.6. The van der Waals surface area contributed by atoms with Crippen LogP contribution in [-0.2, 0) is 0 Å². The van der Waals surface area contributed by atoms with E-state index in [-0.39, 0.29) is 5.91 Å². The van der Waals surface area contributed by atoms with Crippen LogP contribution in [-0.4, -0.2) is 15.9 Å². The van der Waals surface area contributed by atoms with Gasteiger partial charge in [0.05, 0.1) is 11.9 Å². The van der Waals surface area contributed by atoms with Gasteiger partial charge in [-0.3, -0.25) is 4.79 Å². The second kappa shape index (κ2) is 4.68. The van der Waals surface area contributed by atoms with Gasteiger partial charge in [0.25, 0.3) is 5.91 Å². The maximum Gasteiger partial charge on any atom is 0.275 e.